The maximum Gasteiger partial charge on any atom is 0.119 e. The van der Waals surface area contributed by atoms with Gasteiger partial charge >= 0.3 is 0 Å². The Labute approximate surface area is 260 Å². The number of hydrogen-bond acceptors (Lipinski definition) is 6. The van der Waals surface area contributed by atoms with Crippen LogP contribution in [0.3, 0.4) is 0 Å². The van der Waals surface area contributed by atoms with E-state index in [0.29, 0.717) is 17.9 Å². The van der Waals surface area contributed by atoms with E-state index in [4.69, 9.17) is 9.47 Å². The predicted molar refractivity (Wildman–Crippen MR) is 177 cm³/mol. The Morgan fingerprint density at radius 3 is 2.28 bits per heavy atom. The minimum absolute atomic E-state index is 0.296. The molecule has 43 heavy (non-hydrogen) atoms. The molecule has 3 heterocycles. The topological polar surface area (TPSA) is 45.2 Å². The van der Waals surface area contributed by atoms with E-state index >= 15 is 0 Å². The highest BCUT2D eigenvalue weighted by molar-refractivity contribution is 7.22. The van der Waals surface area contributed by atoms with E-state index in [0.717, 1.165) is 42.2 Å². The summed E-state index contributed by atoms with van der Waals surface area (Å²) in [6, 6.07) is 23.7. The fourth-order valence-corrected chi connectivity index (χ4v) is 8.58. The first-order chi connectivity index (χ1) is 21.2. The zero-order chi connectivity index (χ0) is 29.0. The van der Waals surface area contributed by atoms with Crippen molar-refractivity contribution >= 4 is 21.4 Å². The van der Waals surface area contributed by atoms with Crippen molar-refractivity contribution in [2.75, 3.05) is 39.3 Å². The van der Waals surface area contributed by atoms with Gasteiger partial charge in [0.15, 0.2) is 0 Å². The Hall–Kier alpha value is -3.06. The third kappa shape index (κ3) is 6.72. The van der Waals surface area contributed by atoms with Crippen molar-refractivity contribution in [3.05, 3.63) is 77.9 Å². The van der Waals surface area contributed by atoms with Crippen LogP contribution in [-0.4, -0.2) is 66.4 Å². The smallest absolute Gasteiger partial charge is 0.119 e. The molecule has 5 nitrogen and oxygen atoms in total. The molecule has 0 spiro atoms. The van der Waals surface area contributed by atoms with Crippen LogP contribution in [0.5, 0.6) is 17.2 Å². The standard InChI is InChI=1S/C37H44N2O3S/c40-29-13-18-32-33(25-27-9-14-31(15-10-27)42-35-8-2-1-7-34(35)39-21-5-6-22-39)37(43-36(32)26-29)28-11-16-30(17-12-28)41-24-23-38-19-3-4-20-38/h9-18,26,34-35,40H,1-8,19-25H2/t34-,35-/m1/s1. The molecule has 0 amide bonds. The number of phenols is 1. The van der Waals surface area contributed by atoms with Crippen LogP contribution in [0.1, 0.15) is 62.5 Å². The van der Waals surface area contributed by atoms with Gasteiger partial charge in [0.05, 0.1) is 0 Å². The number of aromatic hydroxyl groups is 1. The van der Waals surface area contributed by atoms with Crippen LogP contribution >= 0.6 is 11.3 Å². The molecule has 4 aromatic rings. The van der Waals surface area contributed by atoms with Crippen molar-refractivity contribution in [2.24, 2.45) is 0 Å². The first-order valence-corrected chi connectivity index (χ1v) is 17.2. The van der Waals surface area contributed by atoms with Crippen LogP contribution in [0.2, 0.25) is 0 Å². The summed E-state index contributed by atoms with van der Waals surface area (Å²) in [5, 5.41) is 11.4. The summed E-state index contributed by atoms with van der Waals surface area (Å²) < 4.78 is 13.8. The van der Waals surface area contributed by atoms with Gasteiger partial charge in [-0.3, -0.25) is 9.80 Å². The average Bonchev–Trinajstić information content (AvgIpc) is 3.82. The van der Waals surface area contributed by atoms with Gasteiger partial charge in [0.25, 0.3) is 0 Å². The molecule has 2 saturated heterocycles. The summed E-state index contributed by atoms with van der Waals surface area (Å²) in [5.74, 6) is 2.22. The first kappa shape index (κ1) is 28.7. The van der Waals surface area contributed by atoms with Crippen LogP contribution in [0.4, 0.5) is 0 Å². The van der Waals surface area contributed by atoms with Crippen LogP contribution in [0.25, 0.3) is 20.5 Å². The van der Waals surface area contributed by atoms with E-state index in [9.17, 15) is 5.11 Å². The van der Waals surface area contributed by atoms with Gasteiger partial charge in [-0.1, -0.05) is 18.6 Å². The number of ether oxygens (including phenoxy) is 2. The fourth-order valence-electron chi connectivity index (χ4n) is 7.32. The maximum absolute atomic E-state index is 10.2. The van der Waals surface area contributed by atoms with Crippen molar-refractivity contribution in [3.63, 3.8) is 0 Å². The summed E-state index contributed by atoms with van der Waals surface area (Å²) in [4.78, 5) is 6.40. The Kier molecular flexibility index (Phi) is 8.87. The number of thiophene rings is 1. The molecule has 1 saturated carbocycles. The molecular weight excluding hydrogens is 552 g/mol. The lowest BCUT2D eigenvalue weighted by Gasteiger charge is -2.37. The molecule has 0 unspecified atom stereocenters. The molecule has 3 fully saturated rings. The summed E-state index contributed by atoms with van der Waals surface area (Å²) in [7, 11) is 0. The van der Waals surface area contributed by atoms with Crippen molar-refractivity contribution in [1.82, 2.24) is 9.80 Å². The average molecular weight is 597 g/mol. The molecule has 1 N–H and O–H groups in total. The highest BCUT2D eigenvalue weighted by atomic mass is 32.1. The van der Waals surface area contributed by atoms with E-state index in [1.54, 1.807) is 17.4 Å². The van der Waals surface area contributed by atoms with Gasteiger partial charge in [0.2, 0.25) is 0 Å². The van der Waals surface area contributed by atoms with Crippen LogP contribution < -0.4 is 9.47 Å². The lowest BCUT2D eigenvalue weighted by Crippen LogP contribution is -2.46. The molecule has 0 radical (unpaired) electrons. The van der Waals surface area contributed by atoms with Crippen LogP contribution in [0.15, 0.2) is 66.7 Å². The van der Waals surface area contributed by atoms with Crippen molar-refractivity contribution in [1.29, 1.82) is 0 Å². The second-order valence-corrected chi connectivity index (χ2v) is 13.6. The summed E-state index contributed by atoms with van der Waals surface area (Å²) in [6.45, 7) is 6.57. The molecule has 3 aromatic carbocycles. The van der Waals surface area contributed by atoms with Crippen LogP contribution in [0, 0.1) is 0 Å². The first-order valence-electron chi connectivity index (χ1n) is 16.4. The Morgan fingerprint density at radius 1 is 0.767 bits per heavy atom. The van der Waals surface area contributed by atoms with Crippen LogP contribution in [-0.2, 0) is 6.42 Å². The normalized spacial score (nSPS) is 21.5. The van der Waals surface area contributed by atoms with Gasteiger partial charge < -0.3 is 14.6 Å². The number of nitrogens with zero attached hydrogens (tertiary/aromatic N) is 2. The monoisotopic (exact) mass is 596 g/mol. The summed E-state index contributed by atoms with van der Waals surface area (Å²) in [5.41, 5.74) is 3.76. The van der Waals surface area contributed by atoms with E-state index < -0.39 is 0 Å². The maximum atomic E-state index is 10.2. The predicted octanol–water partition coefficient (Wildman–Crippen LogP) is 8.13. The molecule has 2 aliphatic heterocycles. The highest BCUT2D eigenvalue weighted by Crippen LogP contribution is 2.41. The number of hydrogen-bond donors (Lipinski definition) is 1. The minimum atomic E-state index is 0.296. The third-order valence-electron chi connectivity index (χ3n) is 9.64. The molecule has 226 valence electrons. The van der Waals surface area contributed by atoms with Gasteiger partial charge in [-0.25, -0.2) is 0 Å². The van der Waals surface area contributed by atoms with E-state index in [-0.39, 0.29) is 0 Å². The van der Waals surface area contributed by atoms with E-state index in [2.05, 4.69) is 64.4 Å². The number of benzene rings is 3. The number of rotatable bonds is 10. The molecule has 3 aliphatic rings. The molecule has 7 rings (SSSR count). The molecule has 2 atom stereocenters. The SMILES string of the molecule is Oc1ccc2c(Cc3ccc(O[C@@H]4CCCC[C@H]4N4CCCC4)cc3)c(-c3ccc(OCCN4CCCC4)cc3)sc2c1. The quantitative estimate of drug-likeness (QED) is 0.200. The van der Waals surface area contributed by atoms with Crippen molar-refractivity contribution in [3.8, 4) is 27.7 Å². The van der Waals surface area contributed by atoms with Crippen molar-refractivity contribution < 1.29 is 14.6 Å². The van der Waals surface area contributed by atoms with Crippen molar-refractivity contribution in [2.45, 2.75) is 69.9 Å². The number of likely N-dealkylation sites (tertiary alicyclic amines) is 2. The van der Waals surface area contributed by atoms with Gasteiger partial charge in [-0.05, 0) is 154 Å². The zero-order valence-corrected chi connectivity index (χ0v) is 26.0. The summed E-state index contributed by atoms with van der Waals surface area (Å²) >= 11 is 1.75. The van der Waals surface area contributed by atoms with Gasteiger partial charge in [0.1, 0.15) is 30.0 Å². The Morgan fingerprint density at radius 2 is 1.49 bits per heavy atom. The summed E-state index contributed by atoms with van der Waals surface area (Å²) in [6.07, 6.45) is 11.4. The van der Waals surface area contributed by atoms with Gasteiger partial charge in [-0.15, -0.1) is 11.3 Å². The molecule has 6 heteroatoms. The second kappa shape index (κ2) is 13.3. The zero-order valence-electron chi connectivity index (χ0n) is 25.2. The Bertz CT molecular complexity index is 1490. The third-order valence-corrected chi connectivity index (χ3v) is 10.9. The molecule has 1 aromatic heterocycles. The second-order valence-electron chi connectivity index (χ2n) is 12.6. The highest BCUT2D eigenvalue weighted by Gasteiger charge is 2.33. The molecular formula is C37H44N2O3S. The lowest BCUT2D eigenvalue weighted by molar-refractivity contribution is 0.0485. The lowest BCUT2D eigenvalue weighted by atomic mass is 9.91. The Balaban J connectivity index is 1.07. The number of fused-ring (bicyclic) bond motifs is 1. The number of phenolic OH excluding ortho intramolecular Hbond substituents is 1. The largest absolute Gasteiger partial charge is 0.508 e. The van der Waals surface area contributed by atoms with E-state index in [1.165, 1.54) is 98.1 Å². The van der Waals surface area contributed by atoms with Gasteiger partial charge in [-0.2, -0.15) is 0 Å². The fraction of sp³-hybridized carbons (Fsp3) is 0.459. The minimum Gasteiger partial charge on any atom is -0.508 e. The van der Waals surface area contributed by atoms with E-state index in [1.807, 2.05) is 6.07 Å². The van der Waals surface area contributed by atoms with Gasteiger partial charge in [0, 0.05) is 22.2 Å². The molecule has 0 bridgehead atoms. The molecule has 1 aliphatic carbocycles.